The number of aromatic nitrogens is 1. The summed E-state index contributed by atoms with van der Waals surface area (Å²) >= 11 is 0. The monoisotopic (exact) mass is 496 g/mol. The summed E-state index contributed by atoms with van der Waals surface area (Å²) in [7, 11) is 3.34. The van der Waals surface area contributed by atoms with Crippen molar-refractivity contribution in [1.29, 1.82) is 0 Å². The van der Waals surface area contributed by atoms with Crippen LogP contribution in [0.3, 0.4) is 0 Å². The van der Waals surface area contributed by atoms with Gasteiger partial charge in [0.25, 0.3) is 5.91 Å². The highest BCUT2D eigenvalue weighted by atomic mass is 16.5. The van der Waals surface area contributed by atoms with E-state index in [-0.39, 0.29) is 48.8 Å². The van der Waals surface area contributed by atoms with E-state index in [0.29, 0.717) is 42.2 Å². The van der Waals surface area contributed by atoms with E-state index >= 15 is 0 Å². The van der Waals surface area contributed by atoms with Crippen molar-refractivity contribution in [3.8, 4) is 5.75 Å². The third-order valence-electron chi connectivity index (χ3n) is 6.43. The first kappa shape index (κ1) is 27.1. The SMILES string of the molecule is CCC(=O)Nc1ccc2c(c1)OC[C@H](C)N(C(=O)Cc1ccccn1)C[C@H](C)[C@@H](OC)CN(C)C2=O. The number of amides is 3. The highest BCUT2D eigenvalue weighted by Gasteiger charge is 2.30. The Hall–Kier alpha value is -3.46. The molecule has 0 unspecified atom stereocenters. The number of pyridine rings is 1. The maximum absolute atomic E-state index is 13.4. The van der Waals surface area contributed by atoms with Gasteiger partial charge < -0.3 is 24.6 Å². The van der Waals surface area contributed by atoms with Gasteiger partial charge in [0.05, 0.1) is 24.1 Å². The second-order valence-electron chi connectivity index (χ2n) is 9.25. The number of carbonyl (C=O) groups excluding carboxylic acids is 3. The van der Waals surface area contributed by atoms with Crippen molar-refractivity contribution >= 4 is 23.4 Å². The Morgan fingerprint density at radius 1 is 1.19 bits per heavy atom. The van der Waals surface area contributed by atoms with Gasteiger partial charge in [-0.25, -0.2) is 0 Å². The van der Waals surface area contributed by atoms with Crippen LogP contribution in [0.15, 0.2) is 42.6 Å². The van der Waals surface area contributed by atoms with Crippen molar-refractivity contribution in [1.82, 2.24) is 14.8 Å². The van der Waals surface area contributed by atoms with Crippen LogP contribution in [0.5, 0.6) is 5.75 Å². The fraction of sp³-hybridized carbons (Fsp3) is 0.481. The molecule has 1 aliphatic rings. The predicted octanol–water partition coefficient (Wildman–Crippen LogP) is 3.01. The number of anilines is 1. The van der Waals surface area contributed by atoms with Gasteiger partial charge in [-0.2, -0.15) is 0 Å². The lowest BCUT2D eigenvalue weighted by atomic mass is 10.0. The highest BCUT2D eigenvalue weighted by Crippen LogP contribution is 2.27. The average Bonchev–Trinajstić information content (AvgIpc) is 2.88. The molecule has 3 amide bonds. The van der Waals surface area contributed by atoms with Crippen LogP contribution < -0.4 is 10.1 Å². The number of benzene rings is 1. The van der Waals surface area contributed by atoms with Gasteiger partial charge >= 0.3 is 0 Å². The maximum Gasteiger partial charge on any atom is 0.257 e. The van der Waals surface area contributed by atoms with Crippen molar-refractivity contribution in [2.24, 2.45) is 5.92 Å². The molecule has 1 aliphatic heterocycles. The zero-order valence-electron chi connectivity index (χ0n) is 21.7. The molecule has 0 saturated heterocycles. The molecule has 2 aromatic rings. The molecule has 1 aromatic carbocycles. The van der Waals surface area contributed by atoms with Crippen molar-refractivity contribution in [3.63, 3.8) is 0 Å². The number of hydrogen-bond acceptors (Lipinski definition) is 6. The lowest BCUT2D eigenvalue weighted by molar-refractivity contribution is -0.134. The van der Waals surface area contributed by atoms with Gasteiger partial charge in [-0.15, -0.1) is 0 Å². The fourth-order valence-electron chi connectivity index (χ4n) is 4.21. The Morgan fingerprint density at radius 2 is 1.97 bits per heavy atom. The van der Waals surface area contributed by atoms with Crippen molar-refractivity contribution in [2.45, 2.75) is 45.8 Å². The minimum absolute atomic E-state index is 0.0362. The minimum Gasteiger partial charge on any atom is -0.491 e. The molecule has 3 rings (SSSR count). The number of carbonyl (C=O) groups is 3. The van der Waals surface area contributed by atoms with Crippen LogP contribution in [0.1, 0.15) is 43.2 Å². The molecule has 0 radical (unpaired) electrons. The van der Waals surface area contributed by atoms with E-state index in [0.717, 1.165) is 0 Å². The van der Waals surface area contributed by atoms with Gasteiger partial charge in [-0.1, -0.05) is 19.9 Å². The summed E-state index contributed by atoms with van der Waals surface area (Å²) in [4.78, 5) is 46.3. The first-order valence-corrected chi connectivity index (χ1v) is 12.3. The fourth-order valence-corrected chi connectivity index (χ4v) is 4.21. The third kappa shape index (κ3) is 6.81. The Bertz CT molecular complexity index is 1060. The summed E-state index contributed by atoms with van der Waals surface area (Å²) < 4.78 is 11.9. The number of nitrogens with zero attached hydrogens (tertiary/aromatic N) is 3. The van der Waals surface area contributed by atoms with Crippen LogP contribution in [-0.4, -0.2) is 78.5 Å². The zero-order valence-corrected chi connectivity index (χ0v) is 21.7. The number of hydrogen-bond donors (Lipinski definition) is 1. The second kappa shape index (κ2) is 12.5. The molecule has 194 valence electrons. The van der Waals surface area contributed by atoms with E-state index < -0.39 is 0 Å². The van der Waals surface area contributed by atoms with Crippen molar-refractivity contribution < 1.29 is 23.9 Å². The Balaban J connectivity index is 1.94. The molecule has 3 atom stereocenters. The Kier molecular flexibility index (Phi) is 9.41. The van der Waals surface area contributed by atoms with Crippen LogP contribution in [0.25, 0.3) is 0 Å². The predicted molar refractivity (Wildman–Crippen MR) is 137 cm³/mol. The van der Waals surface area contributed by atoms with E-state index in [9.17, 15) is 14.4 Å². The van der Waals surface area contributed by atoms with Crippen LogP contribution in [0.4, 0.5) is 5.69 Å². The number of likely N-dealkylation sites (N-methyl/N-ethyl adjacent to an activating group) is 1. The molecule has 2 heterocycles. The topological polar surface area (TPSA) is 101 Å². The maximum atomic E-state index is 13.4. The number of ether oxygens (including phenoxy) is 2. The summed E-state index contributed by atoms with van der Waals surface area (Å²) in [6, 6.07) is 10.2. The van der Waals surface area contributed by atoms with Crippen LogP contribution in [0.2, 0.25) is 0 Å². The molecule has 1 N–H and O–H groups in total. The molecular formula is C27H36N4O5. The third-order valence-corrected chi connectivity index (χ3v) is 6.43. The van der Waals surface area contributed by atoms with Gasteiger partial charge in [0, 0.05) is 63.2 Å². The largest absolute Gasteiger partial charge is 0.491 e. The smallest absolute Gasteiger partial charge is 0.257 e. The van der Waals surface area contributed by atoms with Crippen LogP contribution >= 0.6 is 0 Å². The summed E-state index contributed by atoms with van der Waals surface area (Å²) in [6.45, 7) is 6.67. The number of nitrogens with one attached hydrogen (secondary N) is 1. The molecule has 9 heteroatoms. The standard InChI is InChI=1S/C27H36N4O5/c1-6-25(32)29-21-10-11-22-23(13-21)36-17-19(3)31(26(33)14-20-9-7-8-12-28-20)15-18(2)24(35-5)16-30(4)27(22)34/h7-13,18-19,24H,6,14-17H2,1-5H3,(H,29,32)/t18-,19-,24-/m0/s1. The summed E-state index contributed by atoms with van der Waals surface area (Å²) in [5, 5.41) is 2.81. The molecule has 36 heavy (non-hydrogen) atoms. The molecule has 0 bridgehead atoms. The molecule has 0 spiro atoms. The van der Waals surface area contributed by atoms with Crippen molar-refractivity contribution in [3.05, 3.63) is 53.9 Å². The molecule has 1 aromatic heterocycles. The number of fused-ring (bicyclic) bond motifs is 1. The minimum atomic E-state index is -0.282. The highest BCUT2D eigenvalue weighted by molar-refractivity contribution is 5.98. The molecule has 0 aliphatic carbocycles. The van der Waals surface area contributed by atoms with Gasteiger partial charge in [-0.3, -0.25) is 19.4 Å². The first-order chi connectivity index (χ1) is 17.2. The molecule has 9 nitrogen and oxygen atoms in total. The summed E-state index contributed by atoms with van der Waals surface area (Å²) in [5.74, 6) is -0.0810. The lowest BCUT2D eigenvalue weighted by Crippen LogP contribution is -2.49. The van der Waals surface area contributed by atoms with E-state index in [1.807, 2.05) is 32.0 Å². The summed E-state index contributed by atoms with van der Waals surface area (Å²) in [6.07, 6.45) is 1.91. The van der Waals surface area contributed by atoms with Crippen LogP contribution in [0, 0.1) is 5.92 Å². The number of methoxy groups -OCH3 is 1. The Labute approximate surface area is 212 Å². The summed E-state index contributed by atoms with van der Waals surface area (Å²) in [5.41, 5.74) is 1.63. The molecular weight excluding hydrogens is 460 g/mol. The van der Waals surface area contributed by atoms with E-state index in [4.69, 9.17) is 9.47 Å². The van der Waals surface area contributed by atoms with E-state index in [1.54, 1.807) is 55.3 Å². The van der Waals surface area contributed by atoms with E-state index in [2.05, 4.69) is 10.3 Å². The Morgan fingerprint density at radius 3 is 2.64 bits per heavy atom. The van der Waals surface area contributed by atoms with Gasteiger partial charge in [0.15, 0.2) is 0 Å². The van der Waals surface area contributed by atoms with Gasteiger partial charge in [-0.05, 0) is 31.2 Å². The average molecular weight is 497 g/mol. The number of rotatable bonds is 5. The lowest BCUT2D eigenvalue weighted by Gasteiger charge is -2.36. The van der Waals surface area contributed by atoms with Gasteiger partial charge in [0.1, 0.15) is 12.4 Å². The zero-order chi connectivity index (χ0) is 26.2. The van der Waals surface area contributed by atoms with Crippen molar-refractivity contribution in [2.75, 3.05) is 39.2 Å². The molecule has 0 fully saturated rings. The quantitative estimate of drug-likeness (QED) is 0.683. The second-order valence-corrected chi connectivity index (χ2v) is 9.25. The van der Waals surface area contributed by atoms with Crippen LogP contribution in [-0.2, 0) is 20.7 Å². The normalized spacial score (nSPS) is 21.0. The first-order valence-electron chi connectivity index (χ1n) is 12.3. The van der Waals surface area contributed by atoms with Gasteiger partial charge in [0.2, 0.25) is 11.8 Å². The molecule has 0 saturated carbocycles. The van der Waals surface area contributed by atoms with E-state index in [1.165, 1.54) is 0 Å².